The van der Waals surface area contributed by atoms with E-state index in [1.54, 1.807) is 25.3 Å². The van der Waals surface area contributed by atoms with Gasteiger partial charge in [0.25, 0.3) is 0 Å². The summed E-state index contributed by atoms with van der Waals surface area (Å²) in [7, 11) is 1.57. The Balaban J connectivity index is 1.65. The molecule has 2 aromatic carbocycles. The predicted octanol–water partition coefficient (Wildman–Crippen LogP) is 9.13. The van der Waals surface area contributed by atoms with Crippen molar-refractivity contribution in [3.05, 3.63) is 59.7 Å². The summed E-state index contributed by atoms with van der Waals surface area (Å²) in [5.41, 5.74) is 1.05. The number of unbranched alkanes of at least 4 members (excludes halogenated alkanes) is 13. The average molecular weight is 525 g/mol. The number of ether oxygens (including phenoxy) is 3. The van der Waals surface area contributed by atoms with Crippen molar-refractivity contribution in [3.63, 3.8) is 0 Å². The van der Waals surface area contributed by atoms with Gasteiger partial charge in [-0.2, -0.15) is 0 Å². The summed E-state index contributed by atoms with van der Waals surface area (Å²) in [6.07, 6.45) is 21.5. The molecule has 0 saturated carbocycles. The van der Waals surface area contributed by atoms with Crippen molar-refractivity contribution in [2.24, 2.45) is 0 Å². The van der Waals surface area contributed by atoms with Gasteiger partial charge >= 0.3 is 0 Å². The molecule has 0 aromatic heterocycles. The van der Waals surface area contributed by atoms with E-state index in [9.17, 15) is 9.90 Å². The Kier molecular flexibility index (Phi) is 16.7. The fraction of sp³-hybridized carbons (Fsp3) is 0.545. The number of rotatable bonds is 22. The van der Waals surface area contributed by atoms with Crippen molar-refractivity contribution in [2.45, 2.75) is 96.8 Å². The minimum Gasteiger partial charge on any atom is -0.507 e. The summed E-state index contributed by atoms with van der Waals surface area (Å²) in [5.74, 6) is 0.757. The van der Waals surface area contributed by atoms with Crippen LogP contribution in [0.2, 0.25) is 0 Å². The predicted molar refractivity (Wildman–Crippen MR) is 156 cm³/mol. The Hall–Kier alpha value is -2.79. The number of hydrogen-bond donors (Lipinski definition) is 1. The van der Waals surface area contributed by atoms with Crippen molar-refractivity contribution in [1.82, 2.24) is 0 Å². The molecule has 5 nitrogen and oxygen atoms in total. The summed E-state index contributed by atoms with van der Waals surface area (Å²) in [6, 6.07) is 12.3. The molecule has 0 aliphatic heterocycles. The second-order valence-corrected chi connectivity index (χ2v) is 9.91. The Morgan fingerprint density at radius 3 is 1.92 bits per heavy atom. The first-order chi connectivity index (χ1) is 18.7. The molecule has 0 saturated heterocycles. The SMILES string of the molecule is CCCCCCCCCCCCCCCCOc1cccc(O)c1C(=O)/C=C/c1ccc(OCOC)cc1. The second-order valence-electron chi connectivity index (χ2n) is 9.91. The maximum absolute atomic E-state index is 12.9. The summed E-state index contributed by atoms with van der Waals surface area (Å²) in [5, 5.41) is 10.3. The number of ketones is 1. The van der Waals surface area contributed by atoms with Crippen LogP contribution < -0.4 is 9.47 Å². The van der Waals surface area contributed by atoms with Crippen LogP contribution in [-0.4, -0.2) is 31.4 Å². The van der Waals surface area contributed by atoms with Crippen LogP contribution in [0.25, 0.3) is 6.08 Å². The number of benzene rings is 2. The molecule has 0 fully saturated rings. The topological polar surface area (TPSA) is 65.0 Å². The minimum atomic E-state index is -0.293. The van der Waals surface area contributed by atoms with Crippen LogP contribution in [-0.2, 0) is 4.74 Å². The maximum atomic E-state index is 12.9. The highest BCUT2D eigenvalue weighted by atomic mass is 16.7. The number of carbonyl (C=O) groups excluding carboxylic acids is 1. The van der Waals surface area contributed by atoms with E-state index in [1.807, 2.05) is 24.3 Å². The average Bonchev–Trinajstić information content (AvgIpc) is 2.93. The Labute approximate surface area is 230 Å². The molecular weight excluding hydrogens is 476 g/mol. The van der Waals surface area contributed by atoms with Gasteiger partial charge in [-0.3, -0.25) is 4.79 Å². The van der Waals surface area contributed by atoms with E-state index in [4.69, 9.17) is 14.2 Å². The molecule has 0 aliphatic rings. The quantitative estimate of drug-likeness (QED) is 0.0720. The van der Waals surface area contributed by atoms with E-state index in [-0.39, 0.29) is 23.9 Å². The molecule has 0 amide bonds. The molecule has 1 N–H and O–H groups in total. The van der Waals surface area contributed by atoms with Gasteiger partial charge in [0.2, 0.25) is 0 Å². The maximum Gasteiger partial charge on any atom is 0.193 e. The fourth-order valence-electron chi connectivity index (χ4n) is 4.42. The van der Waals surface area contributed by atoms with Crippen LogP contribution in [0.5, 0.6) is 17.2 Å². The van der Waals surface area contributed by atoms with E-state index in [1.165, 1.54) is 89.2 Å². The van der Waals surface area contributed by atoms with Gasteiger partial charge in [-0.15, -0.1) is 0 Å². The molecule has 0 aliphatic carbocycles. The van der Waals surface area contributed by atoms with Gasteiger partial charge in [0.15, 0.2) is 12.6 Å². The number of allylic oxidation sites excluding steroid dienone is 1. The third-order valence-electron chi connectivity index (χ3n) is 6.66. The van der Waals surface area contributed by atoms with Gasteiger partial charge in [-0.05, 0) is 42.3 Å². The molecule has 0 radical (unpaired) electrons. The van der Waals surface area contributed by atoms with Crippen LogP contribution in [0.4, 0.5) is 0 Å². The van der Waals surface area contributed by atoms with E-state index in [2.05, 4.69) is 6.92 Å². The largest absolute Gasteiger partial charge is 0.507 e. The highest BCUT2D eigenvalue weighted by Crippen LogP contribution is 2.29. The minimum absolute atomic E-state index is 0.0681. The van der Waals surface area contributed by atoms with Crippen molar-refractivity contribution in [3.8, 4) is 17.2 Å². The summed E-state index contributed by atoms with van der Waals surface area (Å²) >= 11 is 0. The molecule has 0 bridgehead atoms. The van der Waals surface area contributed by atoms with E-state index < -0.39 is 0 Å². The van der Waals surface area contributed by atoms with E-state index in [0.717, 1.165) is 18.4 Å². The Bertz CT molecular complexity index is 919. The molecule has 2 aromatic rings. The standard InChI is InChI=1S/C33H48O5/c1-3-4-5-6-7-8-9-10-11-12-13-14-15-16-26-37-32-19-17-18-30(34)33(32)31(35)25-22-28-20-23-29(24-21-28)38-27-36-2/h17-25,34H,3-16,26-27H2,1-2H3/b25-22+. The third kappa shape index (κ3) is 13.1. The van der Waals surface area contributed by atoms with Crippen molar-refractivity contribution >= 4 is 11.9 Å². The van der Waals surface area contributed by atoms with Crippen molar-refractivity contribution in [2.75, 3.05) is 20.5 Å². The van der Waals surface area contributed by atoms with Gasteiger partial charge < -0.3 is 19.3 Å². The van der Waals surface area contributed by atoms with Crippen LogP contribution in [0.15, 0.2) is 48.5 Å². The van der Waals surface area contributed by atoms with E-state index >= 15 is 0 Å². The first-order valence-electron chi connectivity index (χ1n) is 14.5. The molecular formula is C33H48O5. The lowest BCUT2D eigenvalue weighted by Crippen LogP contribution is -2.04. The molecule has 0 heterocycles. The number of aromatic hydroxyl groups is 1. The molecule has 0 atom stereocenters. The van der Waals surface area contributed by atoms with Gasteiger partial charge in [-0.1, -0.05) is 115 Å². The van der Waals surface area contributed by atoms with Crippen LogP contribution in [0.1, 0.15) is 113 Å². The lowest BCUT2D eigenvalue weighted by molar-refractivity contribution is 0.0511. The second kappa shape index (κ2) is 20.2. The number of phenolic OH excluding ortho intramolecular Hbond substituents is 1. The monoisotopic (exact) mass is 524 g/mol. The Morgan fingerprint density at radius 1 is 0.763 bits per heavy atom. The van der Waals surface area contributed by atoms with Gasteiger partial charge in [0, 0.05) is 7.11 Å². The molecule has 2 rings (SSSR count). The van der Waals surface area contributed by atoms with Crippen molar-refractivity contribution < 1.29 is 24.1 Å². The zero-order valence-corrected chi connectivity index (χ0v) is 23.6. The zero-order valence-electron chi connectivity index (χ0n) is 23.6. The zero-order chi connectivity index (χ0) is 27.3. The molecule has 0 spiro atoms. The molecule has 5 heteroatoms. The van der Waals surface area contributed by atoms with Crippen molar-refractivity contribution in [1.29, 1.82) is 0 Å². The lowest BCUT2D eigenvalue weighted by Gasteiger charge is -2.11. The highest BCUT2D eigenvalue weighted by Gasteiger charge is 2.15. The first kappa shape index (κ1) is 31.4. The van der Waals surface area contributed by atoms with Gasteiger partial charge in [0.1, 0.15) is 22.8 Å². The molecule has 210 valence electrons. The number of phenols is 1. The number of hydrogen-bond acceptors (Lipinski definition) is 5. The van der Waals surface area contributed by atoms with Crippen LogP contribution in [0.3, 0.4) is 0 Å². The normalized spacial score (nSPS) is 11.2. The molecule has 0 unspecified atom stereocenters. The van der Waals surface area contributed by atoms with Gasteiger partial charge in [0.05, 0.1) is 6.61 Å². The fourth-order valence-corrected chi connectivity index (χ4v) is 4.42. The highest BCUT2D eigenvalue weighted by molar-refractivity contribution is 6.10. The van der Waals surface area contributed by atoms with Gasteiger partial charge in [-0.25, -0.2) is 0 Å². The first-order valence-corrected chi connectivity index (χ1v) is 14.5. The van der Waals surface area contributed by atoms with E-state index in [0.29, 0.717) is 18.1 Å². The number of methoxy groups -OCH3 is 1. The third-order valence-corrected chi connectivity index (χ3v) is 6.66. The lowest BCUT2D eigenvalue weighted by atomic mass is 10.0. The molecule has 38 heavy (non-hydrogen) atoms. The summed E-state index contributed by atoms with van der Waals surface area (Å²) < 4.78 is 16.2. The Morgan fingerprint density at radius 2 is 1.34 bits per heavy atom. The summed E-state index contributed by atoms with van der Waals surface area (Å²) in [6.45, 7) is 2.99. The summed E-state index contributed by atoms with van der Waals surface area (Å²) in [4.78, 5) is 12.9. The smallest absolute Gasteiger partial charge is 0.193 e. The number of carbonyl (C=O) groups is 1. The van der Waals surface area contributed by atoms with Crippen LogP contribution >= 0.6 is 0 Å². The van der Waals surface area contributed by atoms with Crippen LogP contribution in [0, 0.1) is 0 Å².